The van der Waals surface area contributed by atoms with Gasteiger partial charge in [0.2, 0.25) is 5.95 Å². The molecule has 0 N–H and O–H groups in total. The fourth-order valence-corrected chi connectivity index (χ4v) is 2.64. The van der Waals surface area contributed by atoms with Crippen LogP contribution in [0.3, 0.4) is 0 Å². The molecule has 3 heteroatoms. The van der Waals surface area contributed by atoms with E-state index in [0.717, 1.165) is 38.2 Å². The van der Waals surface area contributed by atoms with Gasteiger partial charge in [0.05, 0.1) is 0 Å². The maximum absolute atomic E-state index is 4.66. The van der Waals surface area contributed by atoms with Crippen molar-refractivity contribution in [3.8, 4) is 0 Å². The summed E-state index contributed by atoms with van der Waals surface area (Å²) in [6.45, 7) is 14.7. The van der Waals surface area contributed by atoms with Crippen molar-refractivity contribution in [1.29, 1.82) is 0 Å². The van der Waals surface area contributed by atoms with E-state index in [-0.39, 0.29) is 0 Å². The van der Waals surface area contributed by atoms with E-state index in [1.54, 1.807) is 0 Å². The van der Waals surface area contributed by atoms with Gasteiger partial charge in [0.1, 0.15) is 0 Å². The Morgan fingerprint density at radius 3 is 2.09 bits per heavy atom. The summed E-state index contributed by atoms with van der Waals surface area (Å²) in [5.74, 6) is 0.901. The van der Waals surface area contributed by atoms with Crippen LogP contribution in [0, 0.1) is 5.41 Å². The van der Waals surface area contributed by atoms with Crippen molar-refractivity contribution in [3.63, 3.8) is 0 Å². The third kappa shape index (κ3) is 6.33. The Bertz CT molecular complexity index is 402. The molecule has 126 valence electrons. The second-order valence-corrected chi connectivity index (χ2v) is 7.47. The summed E-state index contributed by atoms with van der Waals surface area (Å²) in [6.07, 6.45) is 11.0. The SMILES string of the molecule is CCCCc1cnc(N(CCC(C)(C)C)C(CC)CC)nc1. The Morgan fingerprint density at radius 2 is 1.64 bits per heavy atom. The zero-order chi connectivity index (χ0) is 16.6. The Kier molecular flexibility index (Phi) is 7.84. The summed E-state index contributed by atoms with van der Waals surface area (Å²) in [4.78, 5) is 11.7. The lowest BCUT2D eigenvalue weighted by Crippen LogP contribution is -2.38. The Balaban J connectivity index is 2.85. The standard InChI is InChI=1S/C19H35N3/c1-7-10-11-16-14-20-18(21-15-16)22(17(8-2)9-3)13-12-19(4,5)6/h14-15,17H,7-13H2,1-6H3. The van der Waals surface area contributed by atoms with E-state index in [0.29, 0.717) is 11.5 Å². The van der Waals surface area contributed by atoms with Crippen molar-refractivity contribution in [2.75, 3.05) is 11.4 Å². The molecule has 0 amide bonds. The predicted molar refractivity (Wildman–Crippen MR) is 96.4 cm³/mol. The average Bonchev–Trinajstić information content (AvgIpc) is 2.49. The van der Waals surface area contributed by atoms with Crippen LogP contribution in [0.25, 0.3) is 0 Å². The first-order chi connectivity index (χ1) is 10.4. The van der Waals surface area contributed by atoms with Crippen LogP contribution >= 0.6 is 0 Å². The van der Waals surface area contributed by atoms with Crippen LogP contribution in [-0.2, 0) is 6.42 Å². The van der Waals surface area contributed by atoms with Crippen molar-refractivity contribution in [3.05, 3.63) is 18.0 Å². The maximum atomic E-state index is 4.66. The molecule has 0 bridgehead atoms. The van der Waals surface area contributed by atoms with Gasteiger partial charge in [0.15, 0.2) is 0 Å². The molecule has 1 rings (SSSR count). The van der Waals surface area contributed by atoms with E-state index < -0.39 is 0 Å². The molecule has 3 nitrogen and oxygen atoms in total. The summed E-state index contributed by atoms with van der Waals surface area (Å²) in [5.41, 5.74) is 1.59. The van der Waals surface area contributed by atoms with E-state index in [9.17, 15) is 0 Å². The number of aryl methyl sites for hydroxylation is 1. The minimum absolute atomic E-state index is 0.339. The van der Waals surface area contributed by atoms with Gasteiger partial charge < -0.3 is 4.90 Å². The zero-order valence-corrected chi connectivity index (χ0v) is 15.5. The van der Waals surface area contributed by atoms with Gasteiger partial charge in [0.25, 0.3) is 0 Å². The fourth-order valence-electron chi connectivity index (χ4n) is 2.64. The van der Waals surface area contributed by atoms with E-state index >= 15 is 0 Å². The van der Waals surface area contributed by atoms with Gasteiger partial charge in [-0.25, -0.2) is 9.97 Å². The predicted octanol–water partition coefficient (Wildman–Crippen LogP) is 5.25. The summed E-state index contributed by atoms with van der Waals surface area (Å²) >= 11 is 0. The molecule has 1 aromatic rings. The van der Waals surface area contributed by atoms with Crippen molar-refractivity contribution in [1.82, 2.24) is 9.97 Å². The van der Waals surface area contributed by atoms with Crippen LogP contribution in [0.1, 0.15) is 79.2 Å². The average molecular weight is 306 g/mol. The molecule has 0 atom stereocenters. The van der Waals surface area contributed by atoms with E-state index in [1.165, 1.54) is 18.4 Å². The minimum Gasteiger partial charge on any atom is -0.338 e. The minimum atomic E-state index is 0.339. The van der Waals surface area contributed by atoms with Gasteiger partial charge in [0, 0.05) is 25.0 Å². The van der Waals surface area contributed by atoms with E-state index in [4.69, 9.17) is 0 Å². The molecule has 0 aliphatic carbocycles. The number of hydrogen-bond acceptors (Lipinski definition) is 3. The number of rotatable bonds is 9. The summed E-state index contributed by atoms with van der Waals surface area (Å²) in [7, 11) is 0. The number of aromatic nitrogens is 2. The molecule has 0 fully saturated rings. The Morgan fingerprint density at radius 1 is 1.05 bits per heavy atom. The largest absolute Gasteiger partial charge is 0.338 e. The van der Waals surface area contributed by atoms with Crippen molar-refractivity contribution >= 4 is 5.95 Å². The fraction of sp³-hybridized carbons (Fsp3) is 0.789. The first kappa shape index (κ1) is 18.9. The van der Waals surface area contributed by atoms with Crippen molar-refractivity contribution < 1.29 is 0 Å². The zero-order valence-electron chi connectivity index (χ0n) is 15.5. The van der Waals surface area contributed by atoms with Gasteiger partial charge in [-0.2, -0.15) is 0 Å². The third-order valence-electron chi connectivity index (χ3n) is 4.25. The molecular formula is C19H35N3. The smallest absolute Gasteiger partial charge is 0.225 e. The molecule has 1 aromatic heterocycles. The topological polar surface area (TPSA) is 29.0 Å². The number of anilines is 1. The van der Waals surface area contributed by atoms with Crippen molar-refractivity contribution in [2.45, 2.75) is 86.1 Å². The van der Waals surface area contributed by atoms with Gasteiger partial charge in [-0.3, -0.25) is 0 Å². The van der Waals surface area contributed by atoms with Crippen LogP contribution in [0.15, 0.2) is 12.4 Å². The van der Waals surface area contributed by atoms with E-state index in [1.807, 2.05) is 12.4 Å². The molecule has 22 heavy (non-hydrogen) atoms. The van der Waals surface area contributed by atoms with Crippen LogP contribution < -0.4 is 4.90 Å². The van der Waals surface area contributed by atoms with Crippen LogP contribution in [0.4, 0.5) is 5.95 Å². The first-order valence-corrected chi connectivity index (χ1v) is 8.98. The Labute approximate surface area is 137 Å². The number of unbranched alkanes of at least 4 members (excludes halogenated alkanes) is 1. The number of nitrogens with zero attached hydrogens (tertiary/aromatic N) is 3. The van der Waals surface area contributed by atoms with Gasteiger partial charge >= 0.3 is 0 Å². The quantitative estimate of drug-likeness (QED) is 0.624. The second kappa shape index (κ2) is 9.12. The highest BCUT2D eigenvalue weighted by atomic mass is 15.3. The molecule has 0 saturated heterocycles. The maximum Gasteiger partial charge on any atom is 0.225 e. The highest BCUT2D eigenvalue weighted by Crippen LogP contribution is 2.23. The first-order valence-electron chi connectivity index (χ1n) is 8.98. The molecule has 0 spiro atoms. The molecule has 0 unspecified atom stereocenters. The monoisotopic (exact) mass is 305 g/mol. The molecule has 0 aromatic carbocycles. The highest BCUT2D eigenvalue weighted by molar-refractivity contribution is 5.31. The second-order valence-electron chi connectivity index (χ2n) is 7.47. The molecular weight excluding hydrogens is 270 g/mol. The molecule has 1 heterocycles. The molecule has 0 aliphatic heterocycles. The number of hydrogen-bond donors (Lipinski definition) is 0. The third-order valence-corrected chi connectivity index (χ3v) is 4.25. The lowest BCUT2D eigenvalue weighted by molar-refractivity contribution is 0.367. The molecule has 0 saturated carbocycles. The normalized spacial score (nSPS) is 12.0. The van der Waals surface area contributed by atoms with Crippen LogP contribution in [0.2, 0.25) is 0 Å². The lowest BCUT2D eigenvalue weighted by Gasteiger charge is -2.33. The van der Waals surface area contributed by atoms with Crippen LogP contribution in [-0.4, -0.2) is 22.6 Å². The van der Waals surface area contributed by atoms with Gasteiger partial charge in [-0.15, -0.1) is 0 Å². The summed E-state index contributed by atoms with van der Waals surface area (Å²) in [5, 5.41) is 0. The summed E-state index contributed by atoms with van der Waals surface area (Å²) < 4.78 is 0. The molecule has 0 aliphatic rings. The van der Waals surface area contributed by atoms with Crippen molar-refractivity contribution in [2.24, 2.45) is 5.41 Å². The Hall–Kier alpha value is -1.12. The summed E-state index contributed by atoms with van der Waals surface area (Å²) in [6, 6.07) is 0.531. The van der Waals surface area contributed by atoms with Crippen LogP contribution in [0.5, 0.6) is 0 Å². The highest BCUT2D eigenvalue weighted by Gasteiger charge is 2.21. The van der Waals surface area contributed by atoms with Gasteiger partial charge in [-0.1, -0.05) is 48.0 Å². The van der Waals surface area contributed by atoms with Gasteiger partial charge in [-0.05, 0) is 43.1 Å². The van der Waals surface area contributed by atoms with E-state index in [2.05, 4.69) is 56.4 Å². The lowest BCUT2D eigenvalue weighted by atomic mass is 9.92. The molecule has 0 radical (unpaired) electrons.